The summed E-state index contributed by atoms with van der Waals surface area (Å²) >= 11 is 0. The lowest BCUT2D eigenvalue weighted by molar-refractivity contribution is -0.757. The number of hydrogen-bond acceptors (Lipinski definition) is 8. The van der Waals surface area contributed by atoms with Gasteiger partial charge in [-0.1, -0.05) is 18.6 Å². The Kier molecular flexibility index (Phi) is 11.2. The number of amides is 1. The topological polar surface area (TPSA) is 120 Å². The molecule has 1 amide bonds. The lowest BCUT2D eigenvalue weighted by Gasteiger charge is -2.26. The molecule has 1 N–H and O–H groups in total. The van der Waals surface area contributed by atoms with Crippen LogP contribution < -0.4 is 10.1 Å². The second-order valence-electron chi connectivity index (χ2n) is 7.36. The molecular formula is C21H31N3O7. The fourth-order valence-corrected chi connectivity index (χ4v) is 3.22. The highest BCUT2D eigenvalue weighted by atomic mass is 16.9. The highest BCUT2D eigenvalue weighted by Crippen LogP contribution is 2.17. The Morgan fingerprint density at radius 2 is 1.94 bits per heavy atom. The van der Waals surface area contributed by atoms with Crippen molar-refractivity contribution < 1.29 is 29.0 Å². The maximum Gasteiger partial charge on any atom is 0.306 e. The third kappa shape index (κ3) is 11.2. The molecule has 0 atom stereocenters. The first-order valence-corrected chi connectivity index (χ1v) is 10.7. The van der Waals surface area contributed by atoms with Crippen LogP contribution >= 0.6 is 0 Å². The van der Waals surface area contributed by atoms with Crippen LogP contribution in [0.1, 0.15) is 44.1 Å². The molecule has 10 heteroatoms. The van der Waals surface area contributed by atoms with E-state index in [-0.39, 0.29) is 26.1 Å². The van der Waals surface area contributed by atoms with Crippen molar-refractivity contribution in [2.75, 3.05) is 39.5 Å². The summed E-state index contributed by atoms with van der Waals surface area (Å²) in [5.74, 6) is -0.191. The number of nitrogens with one attached hydrogen (secondary N) is 1. The van der Waals surface area contributed by atoms with Crippen LogP contribution in [0.5, 0.6) is 5.75 Å². The fraction of sp³-hybridized carbons (Fsp3) is 0.619. The number of ether oxygens (including phenoxy) is 2. The van der Waals surface area contributed by atoms with Gasteiger partial charge in [0.25, 0.3) is 11.0 Å². The molecule has 1 saturated heterocycles. The van der Waals surface area contributed by atoms with Crippen molar-refractivity contribution in [3.8, 4) is 5.75 Å². The predicted molar refractivity (Wildman–Crippen MR) is 112 cm³/mol. The van der Waals surface area contributed by atoms with Crippen molar-refractivity contribution in [2.24, 2.45) is 0 Å². The standard InChI is InChI=1S/C21H31N3O7/c25-20(17-30-21(26)9-5-14-31-24(27)28)22-10-6-13-29-19-8-4-7-18(15-19)16-23-11-2-1-3-12-23/h4,7-8,15H,1-3,5-6,9-14,16-17H2,(H,22,25). The van der Waals surface area contributed by atoms with Crippen molar-refractivity contribution >= 4 is 11.9 Å². The Balaban J connectivity index is 1.52. The highest BCUT2D eigenvalue weighted by molar-refractivity contribution is 5.80. The molecule has 0 radical (unpaired) electrons. The molecule has 10 nitrogen and oxygen atoms in total. The van der Waals surface area contributed by atoms with E-state index >= 15 is 0 Å². The summed E-state index contributed by atoms with van der Waals surface area (Å²) in [6, 6.07) is 8.09. The van der Waals surface area contributed by atoms with Gasteiger partial charge in [-0.2, -0.15) is 0 Å². The second-order valence-corrected chi connectivity index (χ2v) is 7.36. The minimum Gasteiger partial charge on any atom is -0.494 e. The molecule has 1 fully saturated rings. The van der Waals surface area contributed by atoms with Crippen molar-refractivity contribution in [3.05, 3.63) is 39.9 Å². The maximum absolute atomic E-state index is 11.7. The first kappa shape index (κ1) is 24.4. The second kappa shape index (κ2) is 14.2. The molecule has 0 saturated carbocycles. The van der Waals surface area contributed by atoms with E-state index in [4.69, 9.17) is 9.47 Å². The van der Waals surface area contributed by atoms with E-state index in [0.29, 0.717) is 19.6 Å². The normalized spacial score (nSPS) is 13.9. The molecule has 172 valence electrons. The van der Waals surface area contributed by atoms with Gasteiger partial charge in [-0.25, -0.2) is 0 Å². The summed E-state index contributed by atoms with van der Waals surface area (Å²) in [7, 11) is 0. The number of benzene rings is 1. The van der Waals surface area contributed by atoms with Crippen LogP contribution in [0.15, 0.2) is 24.3 Å². The predicted octanol–water partition coefficient (Wildman–Crippen LogP) is 2.09. The Hall–Kier alpha value is -2.88. The minimum absolute atomic E-state index is 0.0498. The van der Waals surface area contributed by atoms with E-state index in [1.54, 1.807) is 0 Å². The lowest BCUT2D eigenvalue weighted by Crippen LogP contribution is -2.30. The number of carbonyl (C=O) groups excluding carboxylic acids is 2. The molecular weight excluding hydrogens is 406 g/mol. The van der Waals surface area contributed by atoms with Gasteiger partial charge >= 0.3 is 5.97 Å². The molecule has 0 spiro atoms. The third-order valence-electron chi connectivity index (χ3n) is 4.75. The molecule has 1 aliphatic heterocycles. The fourth-order valence-electron chi connectivity index (χ4n) is 3.22. The number of hydrogen-bond donors (Lipinski definition) is 1. The summed E-state index contributed by atoms with van der Waals surface area (Å²) in [6.45, 7) is 3.54. The van der Waals surface area contributed by atoms with E-state index < -0.39 is 17.0 Å². The number of carbonyl (C=O) groups is 2. The van der Waals surface area contributed by atoms with E-state index in [1.807, 2.05) is 12.1 Å². The number of likely N-dealkylation sites (tertiary alicyclic amines) is 1. The largest absolute Gasteiger partial charge is 0.494 e. The Labute approximate surface area is 181 Å². The summed E-state index contributed by atoms with van der Waals surface area (Å²) in [4.78, 5) is 39.6. The summed E-state index contributed by atoms with van der Waals surface area (Å²) in [6.07, 6.45) is 4.57. The van der Waals surface area contributed by atoms with Crippen LogP contribution in [0.4, 0.5) is 0 Å². The molecule has 1 aromatic rings. The van der Waals surface area contributed by atoms with Crippen LogP contribution in [0, 0.1) is 10.1 Å². The van der Waals surface area contributed by atoms with Gasteiger partial charge in [0.1, 0.15) is 5.75 Å². The quantitative estimate of drug-likeness (QED) is 0.203. The Morgan fingerprint density at radius 3 is 2.71 bits per heavy atom. The molecule has 0 aromatic heterocycles. The molecule has 31 heavy (non-hydrogen) atoms. The molecule has 1 heterocycles. The number of piperidine rings is 1. The van der Waals surface area contributed by atoms with Gasteiger partial charge < -0.3 is 19.6 Å². The molecule has 1 aliphatic rings. The molecule has 0 unspecified atom stereocenters. The summed E-state index contributed by atoms with van der Waals surface area (Å²) in [5.41, 5.74) is 1.24. The lowest BCUT2D eigenvalue weighted by atomic mass is 10.1. The third-order valence-corrected chi connectivity index (χ3v) is 4.75. The van der Waals surface area contributed by atoms with Crippen molar-refractivity contribution in [2.45, 2.75) is 45.1 Å². The average molecular weight is 437 g/mol. The van der Waals surface area contributed by atoms with Gasteiger partial charge in [0.05, 0.1) is 13.2 Å². The number of nitrogens with zero attached hydrogens (tertiary/aromatic N) is 2. The van der Waals surface area contributed by atoms with E-state index in [2.05, 4.69) is 27.2 Å². The Morgan fingerprint density at radius 1 is 1.13 bits per heavy atom. The molecule has 0 aliphatic carbocycles. The van der Waals surface area contributed by atoms with Gasteiger partial charge in [0, 0.05) is 19.5 Å². The summed E-state index contributed by atoms with van der Waals surface area (Å²) < 4.78 is 10.6. The number of rotatable bonds is 14. The highest BCUT2D eigenvalue weighted by Gasteiger charge is 2.11. The van der Waals surface area contributed by atoms with Crippen LogP contribution in [0.25, 0.3) is 0 Å². The smallest absolute Gasteiger partial charge is 0.306 e. The zero-order chi connectivity index (χ0) is 22.3. The van der Waals surface area contributed by atoms with E-state index in [9.17, 15) is 19.7 Å². The van der Waals surface area contributed by atoms with Gasteiger partial charge in [0.2, 0.25) is 0 Å². The first-order valence-electron chi connectivity index (χ1n) is 10.7. The minimum atomic E-state index is -0.922. The van der Waals surface area contributed by atoms with Gasteiger partial charge in [0.15, 0.2) is 6.61 Å². The van der Waals surface area contributed by atoms with Crippen LogP contribution in [0.3, 0.4) is 0 Å². The maximum atomic E-state index is 11.7. The van der Waals surface area contributed by atoms with E-state index in [0.717, 1.165) is 25.4 Å². The average Bonchev–Trinajstić information content (AvgIpc) is 2.76. The Bertz CT molecular complexity index is 708. The SMILES string of the molecule is O=C(COC(=O)CCCO[N+](=O)[O-])NCCCOc1cccc(CN2CCCCC2)c1. The number of esters is 1. The zero-order valence-electron chi connectivity index (χ0n) is 17.8. The molecule has 2 rings (SSSR count). The summed E-state index contributed by atoms with van der Waals surface area (Å²) in [5, 5.41) is 11.7. The van der Waals surface area contributed by atoms with Crippen molar-refractivity contribution in [3.63, 3.8) is 0 Å². The van der Waals surface area contributed by atoms with Gasteiger partial charge in [-0.3, -0.25) is 14.5 Å². The monoisotopic (exact) mass is 437 g/mol. The zero-order valence-corrected chi connectivity index (χ0v) is 17.8. The van der Waals surface area contributed by atoms with Gasteiger partial charge in [-0.15, -0.1) is 10.1 Å². The van der Waals surface area contributed by atoms with Gasteiger partial charge in [-0.05, 0) is 56.5 Å². The van der Waals surface area contributed by atoms with Crippen molar-refractivity contribution in [1.29, 1.82) is 0 Å². The van der Waals surface area contributed by atoms with Crippen LogP contribution in [0.2, 0.25) is 0 Å². The van der Waals surface area contributed by atoms with E-state index in [1.165, 1.54) is 24.8 Å². The van der Waals surface area contributed by atoms with Crippen molar-refractivity contribution in [1.82, 2.24) is 10.2 Å². The molecule has 1 aromatic carbocycles. The molecule has 0 bridgehead atoms. The first-order chi connectivity index (χ1) is 15.0. The van der Waals surface area contributed by atoms with Crippen LogP contribution in [-0.2, 0) is 25.7 Å². The van der Waals surface area contributed by atoms with Crippen LogP contribution in [-0.4, -0.2) is 61.3 Å².